The van der Waals surface area contributed by atoms with Crippen molar-refractivity contribution in [1.29, 1.82) is 0 Å². The van der Waals surface area contributed by atoms with Crippen LogP contribution >= 0.6 is 12.4 Å². The second kappa shape index (κ2) is 8.56. The first-order valence-corrected chi connectivity index (χ1v) is 7.66. The fourth-order valence-electron chi connectivity index (χ4n) is 2.53. The number of piperidine rings is 1. The maximum absolute atomic E-state index is 12.2. The molecule has 2 N–H and O–H groups in total. The molecule has 0 spiro atoms. The topological polar surface area (TPSA) is 50.4 Å². The van der Waals surface area contributed by atoms with E-state index in [-0.39, 0.29) is 24.4 Å². The van der Waals surface area contributed by atoms with Crippen molar-refractivity contribution >= 4 is 18.3 Å². The van der Waals surface area contributed by atoms with E-state index in [2.05, 4.69) is 10.6 Å². The van der Waals surface area contributed by atoms with Crippen molar-refractivity contribution in [1.82, 2.24) is 10.6 Å². The van der Waals surface area contributed by atoms with Gasteiger partial charge in [0.2, 0.25) is 0 Å². The number of nitrogens with one attached hydrogen (secondary N) is 2. The van der Waals surface area contributed by atoms with Gasteiger partial charge in [-0.05, 0) is 62.3 Å². The molecule has 0 saturated carbocycles. The lowest BCUT2D eigenvalue weighted by Gasteiger charge is -2.23. The van der Waals surface area contributed by atoms with Gasteiger partial charge < -0.3 is 15.4 Å². The summed E-state index contributed by atoms with van der Waals surface area (Å²) in [6, 6.07) is 17.1. The van der Waals surface area contributed by atoms with Gasteiger partial charge in [-0.15, -0.1) is 12.4 Å². The summed E-state index contributed by atoms with van der Waals surface area (Å²) >= 11 is 0. The third kappa shape index (κ3) is 4.98. The lowest BCUT2D eigenvalue weighted by molar-refractivity contribution is 0.0929. The van der Waals surface area contributed by atoms with Crippen LogP contribution in [0.5, 0.6) is 11.5 Å². The Hall–Kier alpha value is -2.04. The summed E-state index contributed by atoms with van der Waals surface area (Å²) in [5, 5.41) is 6.38. The van der Waals surface area contributed by atoms with Crippen LogP contribution in [0, 0.1) is 0 Å². The maximum atomic E-state index is 12.2. The van der Waals surface area contributed by atoms with Crippen LogP contribution < -0.4 is 15.4 Å². The fraction of sp³-hybridized carbons (Fsp3) is 0.278. The molecule has 0 atom stereocenters. The number of carbonyl (C=O) groups excluding carboxylic acids is 1. The highest BCUT2D eigenvalue weighted by atomic mass is 35.5. The van der Waals surface area contributed by atoms with Crippen LogP contribution in [0.1, 0.15) is 23.2 Å². The van der Waals surface area contributed by atoms with Crippen molar-refractivity contribution in [3.63, 3.8) is 0 Å². The van der Waals surface area contributed by atoms with E-state index in [1.165, 1.54) is 0 Å². The monoisotopic (exact) mass is 332 g/mol. The lowest BCUT2D eigenvalue weighted by Crippen LogP contribution is -2.42. The van der Waals surface area contributed by atoms with Crippen molar-refractivity contribution in [3.05, 3.63) is 60.2 Å². The first-order chi connectivity index (χ1) is 10.8. The Labute approximate surface area is 142 Å². The van der Waals surface area contributed by atoms with Gasteiger partial charge in [-0.1, -0.05) is 18.2 Å². The van der Waals surface area contributed by atoms with Crippen LogP contribution in [0.25, 0.3) is 0 Å². The van der Waals surface area contributed by atoms with E-state index in [0.717, 1.165) is 37.4 Å². The summed E-state index contributed by atoms with van der Waals surface area (Å²) in [6.45, 7) is 1.93. The number of halogens is 1. The van der Waals surface area contributed by atoms with Gasteiger partial charge in [0.25, 0.3) is 5.91 Å². The first kappa shape index (κ1) is 17.3. The van der Waals surface area contributed by atoms with Gasteiger partial charge in [0.15, 0.2) is 0 Å². The molecule has 4 nitrogen and oxygen atoms in total. The Morgan fingerprint density at radius 1 is 0.957 bits per heavy atom. The highest BCUT2D eigenvalue weighted by Crippen LogP contribution is 2.21. The van der Waals surface area contributed by atoms with Crippen LogP contribution in [0.3, 0.4) is 0 Å². The SMILES string of the molecule is Cl.O=C(NC1CCNCC1)c1ccc(Oc2ccccc2)cc1. The Morgan fingerprint density at radius 2 is 1.57 bits per heavy atom. The summed E-state index contributed by atoms with van der Waals surface area (Å²) < 4.78 is 5.72. The van der Waals surface area contributed by atoms with Crippen LogP contribution in [0.15, 0.2) is 54.6 Å². The zero-order valence-corrected chi connectivity index (χ0v) is 13.6. The molecule has 0 bridgehead atoms. The minimum atomic E-state index is -0.0156. The summed E-state index contributed by atoms with van der Waals surface area (Å²) in [5.41, 5.74) is 0.666. The molecule has 2 aromatic rings. The molecule has 23 heavy (non-hydrogen) atoms. The minimum absolute atomic E-state index is 0. The van der Waals surface area contributed by atoms with E-state index >= 15 is 0 Å². The lowest BCUT2D eigenvalue weighted by atomic mass is 10.1. The molecule has 5 heteroatoms. The van der Waals surface area contributed by atoms with Gasteiger partial charge in [0, 0.05) is 11.6 Å². The van der Waals surface area contributed by atoms with E-state index in [4.69, 9.17) is 4.74 Å². The minimum Gasteiger partial charge on any atom is -0.457 e. The molecule has 1 saturated heterocycles. The zero-order chi connectivity index (χ0) is 15.2. The van der Waals surface area contributed by atoms with E-state index in [0.29, 0.717) is 5.56 Å². The summed E-state index contributed by atoms with van der Waals surface area (Å²) in [5.74, 6) is 1.50. The van der Waals surface area contributed by atoms with Gasteiger partial charge in [-0.2, -0.15) is 0 Å². The highest BCUT2D eigenvalue weighted by molar-refractivity contribution is 5.94. The average molecular weight is 333 g/mol. The predicted octanol–water partition coefficient (Wildman–Crippen LogP) is 3.38. The Balaban J connectivity index is 0.00000192. The molecule has 3 rings (SSSR count). The largest absolute Gasteiger partial charge is 0.457 e. The first-order valence-electron chi connectivity index (χ1n) is 7.66. The van der Waals surface area contributed by atoms with Gasteiger partial charge >= 0.3 is 0 Å². The number of amides is 1. The molecule has 1 heterocycles. The predicted molar refractivity (Wildman–Crippen MR) is 93.6 cm³/mol. The smallest absolute Gasteiger partial charge is 0.251 e. The average Bonchev–Trinajstić information content (AvgIpc) is 2.57. The Kier molecular flexibility index (Phi) is 6.44. The zero-order valence-electron chi connectivity index (χ0n) is 12.8. The molecule has 0 aliphatic carbocycles. The van der Waals surface area contributed by atoms with Gasteiger partial charge in [0.05, 0.1) is 0 Å². The third-order valence-electron chi connectivity index (χ3n) is 3.77. The molecule has 1 fully saturated rings. The number of hydrogen-bond acceptors (Lipinski definition) is 3. The van der Waals surface area contributed by atoms with Crippen LogP contribution in [0.4, 0.5) is 0 Å². The van der Waals surface area contributed by atoms with Crippen molar-refractivity contribution in [2.75, 3.05) is 13.1 Å². The molecular formula is C18H21ClN2O2. The summed E-state index contributed by atoms with van der Waals surface area (Å²) in [7, 11) is 0. The molecule has 1 aliphatic heterocycles. The maximum Gasteiger partial charge on any atom is 0.251 e. The number of benzene rings is 2. The second-order valence-corrected chi connectivity index (χ2v) is 5.44. The van der Waals surface area contributed by atoms with E-state index in [1.807, 2.05) is 42.5 Å². The number of carbonyl (C=O) groups is 1. The van der Waals surface area contributed by atoms with E-state index in [1.54, 1.807) is 12.1 Å². The molecule has 0 aromatic heterocycles. The van der Waals surface area contributed by atoms with Crippen LogP contribution in [-0.4, -0.2) is 25.0 Å². The Morgan fingerprint density at radius 3 is 2.22 bits per heavy atom. The van der Waals surface area contributed by atoms with Crippen LogP contribution in [0.2, 0.25) is 0 Å². The third-order valence-corrected chi connectivity index (χ3v) is 3.77. The van der Waals surface area contributed by atoms with E-state index < -0.39 is 0 Å². The number of para-hydroxylation sites is 1. The van der Waals surface area contributed by atoms with Crippen molar-refractivity contribution < 1.29 is 9.53 Å². The van der Waals surface area contributed by atoms with Gasteiger partial charge in [-0.3, -0.25) is 4.79 Å². The molecule has 0 radical (unpaired) electrons. The molecule has 122 valence electrons. The molecule has 1 amide bonds. The van der Waals surface area contributed by atoms with Gasteiger partial charge in [-0.25, -0.2) is 0 Å². The normalized spacial score (nSPS) is 14.6. The second-order valence-electron chi connectivity index (χ2n) is 5.44. The van der Waals surface area contributed by atoms with E-state index in [9.17, 15) is 4.79 Å². The van der Waals surface area contributed by atoms with Crippen LogP contribution in [-0.2, 0) is 0 Å². The number of rotatable bonds is 4. The van der Waals surface area contributed by atoms with Crippen molar-refractivity contribution in [2.45, 2.75) is 18.9 Å². The standard InChI is InChI=1S/C18H20N2O2.ClH/c21-18(20-15-10-12-19-13-11-15)14-6-8-17(9-7-14)22-16-4-2-1-3-5-16;/h1-9,15,19H,10-13H2,(H,20,21);1H. The van der Waals surface area contributed by atoms with Crippen molar-refractivity contribution in [3.8, 4) is 11.5 Å². The molecule has 0 unspecified atom stereocenters. The summed E-state index contributed by atoms with van der Waals surface area (Å²) in [6.07, 6.45) is 1.97. The highest BCUT2D eigenvalue weighted by Gasteiger charge is 2.16. The van der Waals surface area contributed by atoms with Crippen molar-refractivity contribution in [2.24, 2.45) is 0 Å². The Bertz CT molecular complexity index is 611. The quantitative estimate of drug-likeness (QED) is 0.902. The fourth-order valence-corrected chi connectivity index (χ4v) is 2.53. The molecular weight excluding hydrogens is 312 g/mol. The molecule has 1 aliphatic rings. The number of hydrogen-bond donors (Lipinski definition) is 2. The number of ether oxygens (including phenoxy) is 1. The van der Waals surface area contributed by atoms with Gasteiger partial charge in [0.1, 0.15) is 11.5 Å². The molecule has 2 aromatic carbocycles. The summed E-state index contributed by atoms with van der Waals surface area (Å²) in [4.78, 5) is 12.2.